The van der Waals surface area contributed by atoms with Crippen molar-refractivity contribution in [3.05, 3.63) is 90.2 Å². The van der Waals surface area contributed by atoms with Crippen molar-refractivity contribution in [2.45, 2.75) is 0 Å². The van der Waals surface area contributed by atoms with Crippen LogP contribution in [-0.2, 0) is 0 Å². The van der Waals surface area contributed by atoms with Crippen molar-refractivity contribution < 1.29 is 0 Å². The molecule has 3 N–H and O–H groups in total. The standard InChI is InChI=1S/C27H17ClN6/c28-19-6-1-15(2-7-19)16-3-9-21-24(11-16)33-27(31-21)18-5-10-22-25(13-18)34-26(32-22)17-4-8-20-23(12-17)30-14-29-20/h1-14H,(H,29,30)(H,31,33)(H,32,34). The Morgan fingerprint density at radius 1 is 0.529 bits per heavy atom. The summed E-state index contributed by atoms with van der Waals surface area (Å²) in [5, 5.41) is 0.730. The molecule has 0 amide bonds. The van der Waals surface area contributed by atoms with Crippen LogP contribution in [0, 0.1) is 0 Å². The smallest absolute Gasteiger partial charge is 0.138 e. The molecule has 0 atom stereocenters. The van der Waals surface area contributed by atoms with Crippen molar-refractivity contribution in [3.63, 3.8) is 0 Å². The van der Waals surface area contributed by atoms with E-state index in [1.165, 1.54) is 0 Å². The summed E-state index contributed by atoms with van der Waals surface area (Å²) in [5.41, 5.74) is 9.93. The third kappa shape index (κ3) is 3.16. The number of hydrogen-bond acceptors (Lipinski definition) is 3. The molecule has 4 aromatic carbocycles. The van der Waals surface area contributed by atoms with Gasteiger partial charge in [-0.15, -0.1) is 0 Å². The normalized spacial score (nSPS) is 11.7. The number of halogens is 1. The summed E-state index contributed by atoms with van der Waals surface area (Å²) in [6, 6.07) is 26.3. The quantitative estimate of drug-likeness (QED) is 0.266. The molecule has 0 aliphatic carbocycles. The fraction of sp³-hybridized carbons (Fsp3) is 0. The van der Waals surface area contributed by atoms with Gasteiger partial charge in [0.25, 0.3) is 0 Å². The van der Waals surface area contributed by atoms with Crippen LogP contribution in [-0.4, -0.2) is 29.9 Å². The number of benzene rings is 4. The van der Waals surface area contributed by atoms with Crippen LogP contribution in [0.25, 0.3) is 67.0 Å². The monoisotopic (exact) mass is 460 g/mol. The molecule has 0 unspecified atom stereocenters. The zero-order valence-electron chi connectivity index (χ0n) is 17.8. The minimum Gasteiger partial charge on any atom is -0.345 e. The molecule has 0 aliphatic rings. The highest BCUT2D eigenvalue weighted by atomic mass is 35.5. The van der Waals surface area contributed by atoms with E-state index in [1.54, 1.807) is 6.33 Å². The van der Waals surface area contributed by atoms with Gasteiger partial charge in [0.05, 0.1) is 39.4 Å². The molecule has 0 aliphatic heterocycles. The van der Waals surface area contributed by atoms with E-state index in [1.807, 2.05) is 54.6 Å². The maximum absolute atomic E-state index is 6.03. The van der Waals surface area contributed by atoms with E-state index < -0.39 is 0 Å². The number of nitrogens with zero attached hydrogens (tertiary/aromatic N) is 3. The molecule has 3 aromatic heterocycles. The highest BCUT2D eigenvalue weighted by Gasteiger charge is 2.11. The summed E-state index contributed by atoms with van der Waals surface area (Å²) in [6.45, 7) is 0. The Morgan fingerprint density at radius 3 is 1.74 bits per heavy atom. The maximum Gasteiger partial charge on any atom is 0.138 e. The van der Waals surface area contributed by atoms with Gasteiger partial charge >= 0.3 is 0 Å². The molecular formula is C27H17ClN6. The van der Waals surface area contributed by atoms with Crippen LogP contribution < -0.4 is 0 Å². The highest BCUT2D eigenvalue weighted by molar-refractivity contribution is 6.30. The molecule has 7 aromatic rings. The predicted molar refractivity (Wildman–Crippen MR) is 137 cm³/mol. The number of aromatic amines is 3. The van der Waals surface area contributed by atoms with Crippen LogP contribution in [0.3, 0.4) is 0 Å². The highest BCUT2D eigenvalue weighted by Crippen LogP contribution is 2.29. The first-order valence-corrected chi connectivity index (χ1v) is 11.3. The van der Waals surface area contributed by atoms with Crippen molar-refractivity contribution in [1.82, 2.24) is 29.9 Å². The molecule has 0 saturated heterocycles. The van der Waals surface area contributed by atoms with Gasteiger partial charge in [-0.3, -0.25) is 0 Å². The van der Waals surface area contributed by atoms with E-state index in [9.17, 15) is 0 Å². The number of H-pyrrole nitrogens is 3. The zero-order valence-corrected chi connectivity index (χ0v) is 18.6. The first-order chi connectivity index (χ1) is 16.7. The molecule has 0 saturated carbocycles. The van der Waals surface area contributed by atoms with Crippen molar-refractivity contribution in [2.75, 3.05) is 0 Å². The average Bonchev–Trinajstić information content (AvgIpc) is 3.60. The molecule has 0 bridgehead atoms. The maximum atomic E-state index is 6.03. The van der Waals surface area contributed by atoms with E-state index in [0.29, 0.717) is 0 Å². The van der Waals surface area contributed by atoms with Crippen LogP contribution in [0.2, 0.25) is 5.02 Å². The Morgan fingerprint density at radius 2 is 1.06 bits per heavy atom. The van der Waals surface area contributed by atoms with E-state index in [-0.39, 0.29) is 0 Å². The van der Waals surface area contributed by atoms with Crippen molar-refractivity contribution in [1.29, 1.82) is 0 Å². The van der Waals surface area contributed by atoms with Crippen molar-refractivity contribution >= 4 is 44.7 Å². The molecule has 162 valence electrons. The van der Waals surface area contributed by atoms with Crippen LogP contribution in [0.1, 0.15) is 0 Å². The number of hydrogen-bond donors (Lipinski definition) is 3. The van der Waals surface area contributed by atoms with Crippen molar-refractivity contribution in [2.24, 2.45) is 0 Å². The summed E-state index contributed by atoms with van der Waals surface area (Å²) in [4.78, 5) is 23.9. The second-order valence-corrected chi connectivity index (χ2v) is 8.71. The lowest BCUT2D eigenvalue weighted by Gasteiger charge is -2.01. The Labute approximate surface area is 198 Å². The van der Waals surface area contributed by atoms with E-state index in [4.69, 9.17) is 21.6 Å². The number of rotatable bonds is 3. The Balaban J connectivity index is 1.26. The third-order valence-corrected chi connectivity index (χ3v) is 6.36. The molecule has 6 nitrogen and oxygen atoms in total. The predicted octanol–water partition coefficient (Wildman–Crippen LogP) is 6.97. The lowest BCUT2D eigenvalue weighted by atomic mass is 10.1. The molecule has 3 heterocycles. The molecule has 7 rings (SSSR count). The lowest BCUT2D eigenvalue weighted by molar-refractivity contribution is 1.33. The Kier molecular flexibility index (Phi) is 4.10. The SMILES string of the molecule is Clc1ccc(-c2ccc3nc(-c4ccc5nc(-c6ccc7nc[nH]c7c6)[nH]c5c4)[nH]c3c2)cc1. The summed E-state index contributed by atoms with van der Waals surface area (Å²) in [7, 11) is 0. The molecule has 7 heteroatoms. The topological polar surface area (TPSA) is 86.0 Å². The van der Waals surface area contributed by atoms with Crippen LogP contribution in [0.15, 0.2) is 85.2 Å². The van der Waals surface area contributed by atoms with Crippen LogP contribution >= 0.6 is 11.6 Å². The van der Waals surface area contributed by atoms with Crippen LogP contribution in [0.5, 0.6) is 0 Å². The molecule has 0 spiro atoms. The molecule has 0 radical (unpaired) electrons. The third-order valence-electron chi connectivity index (χ3n) is 6.11. The zero-order chi connectivity index (χ0) is 22.6. The number of imidazole rings is 3. The second-order valence-electron chi connectivity index (χ2n) is 8.28. The van der Waals surface area contributed by atoms with Gasteiger partial charge in [-0.25, -0.2) is 15.0 Å². The second kappa shape index (κ2) is 7.30. The molecular weight excluding hydrogens is 444 g/mol. The fourth-order valence-corrected chi connectivity index (χ4v) is 4.47. The van der Waals surface area contributed by atoms with Crippen LogP contribution in [0.4, 0.5) is 0 Å². The largest absolute Gasteiger partial charge is 0.345 e. The summed E-state index contributed by atoms with van der Waals surface area (Å²) < 4.78 is 0. The lowest BCUT2D eigenvalue weighted by Crippen LogP contribution is -1.81. The molecule has 0 fully saturated rings. The average molecular weight is 461 g/mol. The molecule has 34 heavy (non-hydrogen) atoms. The minimum atomic E-state index is 0.730. The van der Waals surface area contributed by atoms with Gasteiger partial charge in [-0.1, -0.05) is 29.8 Å². The number of nitrogens with one attached hydrogen (secondary N) is 3. The van der Waals surface area contributed by atoms with Gasteiger partial charge in [0.15, 0.2) is 0 Å². The van der Waals surface area contributed by atoms with E-state index >= 15 is 0 Å². The van der Waals surface area contributed by atoms with Gasteiger partial charge in [0.1, 0.15) is 11.6 Å². The van der Waals surface area contributed by atoms with Gasteiger partial charge < -0.3 is 15.0 Å². The summed E-state index contributed by atoms with van der Waals surface area (Å²) >= 11 is 6.03. The number of fused-ring (bicyclic) bond motifs is 3. The summed E-state index contributed by atoms with van der Waals surface area (Å²) in [5.74, 6) is 1.64. The van der Waals surface area contributed by atoms with Crippen molar-refractivity contribution in [3.8, 4) is 33.9 Å². The van der Waals surface area contributed by atoms with E-state index in [0.717, 1.165) is 72.0 Å². The first kappa shape index (κ1) is 19.1. The van der Waals surface area contributed by atoms with E-state index in [2.05, 4.69) is 44.2 Å². The number of aromatic nitrogens is 6. The van der Waals surface area contributed by atoms with Gasteiger partial charge in [0, 0.05) is 16.1 Å². The Hall–Kier alpha value is -4.42. The fourth-order valence-electron chi connectivity index (χ4n) is 4.34. The van der Waals surface area contributed by atoms with Gasteiger partial charge in [-0.2, -0.15) is 0 Å². The minimum absolute atomic E-state index is 0.730. The van der Waals surface area contributed by atoms with Gasteiger partial charge in [0.2, 0.25) is 0 Å². The Bertz CT molecular complexity index is 1820. The van der Waals surface area contributed by atoms with Gasteiger partial charge in [-0.05, 0) is 71.8 Å². The first-order valence-electron chi connectivity index (χ1n) is 10.9. The summed E-state index contributed by atoms with van der Waals surface area (Å²) in [6.07, 6.45) is 1.70.